The highest BCUT2D eigenvalue weighted by molar-refractivity contribution is 6.02. The number of fused-ring (bicyclic) bond motifs is 1. The molecule has 0 saturated heterocycles. The van der Waals surface area contributed by atoms with Gasteiger partial charge in [-0.3, -0.25) is 4.79 Å². The van der Waals surface area contributed by atoms with Crippen molar-refractivity contribution in [3.05, 3.63) is 35.4 Å². The van der Waals surface area contributed by atoms with E-state index in [1.165, 1.54) is 31.2 Å². The molecule has 1 unspecified atom stereocenters. The van der Waals surface area contributed by atoms with Gasteiger partial charge in [0.15, 0.2) is 5.78 Å². The van der Waals surface area contributed by atoms with E-state index in [0.29, 0.717) is 17.6 Å². The van der Waals surface area contributed by atoms with Crippen molar-refractivity contribution in [1.82, 2.24) is 0 Å². The summed E-state index contributed by atoms with van der Waals surface area (Å²) in [5.74, 6) is 1.40. The predicted molar refractivity (Wildman–Crippen MR) is 59.9 cm³/mol. The van der Waals surface area contributed by atoms with E-state index in [1.807, 2.05) is 18.2 Å². The Morgan fingerprint density at radius 1 is 1.07 bits per heavy atom. The van der Waals surface area contributed by atoms with Crippen LogP contribution in [0.3, 0.4) is 0 Å². The third-order valence-electron chi connectivity index (χ3n) is 4.03. The molecule has 1 aromatic carbocycles. The summed E-state index contributed by atoms with van der Waals surface area (Å²) in [6.45, 7) is 0. The molecule has 0 spiro atoms. The molecule has 1 saturated carbocycles. The van der Waals surface area contributed by atoms with Crippen molar-refractivity contribution >= 4 is 5.78 Å². The lowest BCUT2D eigenvalue weighted by Crippen LogP contribution is -2.18. The monoisotopic (exact) mass is 200 g/mol. The van der Waals surface area contributed by atoms with Crippen LogP contribution in [0.25, 0.3) is 0 Å². The predicted octanol–water partition coefficient (Wildman–Crippen LogP) is 3.23. The van der Waals surface area contributed by atoms with Gasteiger partial charge in [-0.05, 0) is 30.7 Å². The Hall–Kier alpha value is -1.11. The number of hydrogen-bond acceptors (Lipinski definition) is 1. The van der Waals surface area contributed by atoms with Gasteiger partial charge in [0.05, 0.1) is 0 Å². The Balaban J connectivity index is 1.89. The van der Waals surface area contributed by atoms with Crippen molar-refractivity contribution in [3.8, 4) is 0 Å². The summed E-state index contributed by atoms with van der Waals surface area (Å²) in [7, 11) is 0. The lowest BCUT2D eigenvalue weighted by Gasteiger charge is -2.15. The van der Waals surface area contributed by atoms with Crippen molar-refractivity contribution in [2.75, 3.05) is 0 Å². The molecule has 2 aliphatic rings. The van der Waals surface area contributed by atoms with E-state index in [9.17, 15) is 4.79 Å². The second-order valence-electron chi connectivity index (χ2n) is 4.88. The second kappa shape index (κ2) is 3.48. The standard InChI is InChI=1S/C14H16O/c15-14-12-8-4-3-7-11(12)9-13(14)10-5-1-2-6-10/h3-4,7-8,10,13H,1-2,5-6,9H2. The van der Waals surface area contributed by atoms with E-state index < -0.39 is 0 Å². The Bertz CT molecular complexity index is 388. The Labute approximate surface area is 90.5 Å². The number of carbonyl (C=O) groups excluding carboxylic acids is 1. The Morgan fingerprint density at radius 3 is 2.53 bits per heavy atom. The molecule has 2 aliphatic carbocycles. The first-order valence-electron chi connectivity index (χ1n) is 5.98. The normalized spacial score (nSPS) is 25.9. The molecule has 0 N–H and O–H groups in total. The molecule has 1 nitrogen and oxygen atoms in total. The van der Waals surface area contributed by atoms with Gasteiger partial charge in [-0.25, -0.2) is 0 Å². The van der Waals surface area contributed by atoms with Gasteiger partial charge in [0, 0.05) is 11.5 Å². The number of hydrogen-bond donors (Lipinski definition) is 0. The topological polar surface area (TPSA) is 17.1 Å². The second-order valence-corrected chi connectivity index (χ2v) is 4.88. The van der Waals surface area contributed by atoms with Gasteiger partial charge < -0.3 is 0 Å². The van der Waals surface area contributed by atoms with Gasteiger partial charge in [0.1, 0.15) is 0 Å². The van der Waals surface area contributed by atoms with Crippen LogP contribution < -0.4 is 0 Å². The third-order valence-corrected chi connectivity index (χ3v) is 4.03. The smallest absolute Gasteiger partial charge is 0.166 e. The molecule has 0 bridgehead atoms. The minimum atomic E-state index is 0.310. The molecule has 3 rings (SSSR count). The molecule has 0 aromatic heterocycles. The molecule has 0 aliphatic heterocycles. The molecule has 0 radical (unpaired) electrons. The van der Waals surface area contributed by atoms with Crippen LogP contribution >= 0.6 is 0 Å². The molecule has 1 heteroatoms. The van der Waals surface area contributed by atoms with Gasteiger partial charge >= 0.3 is 0 Å². The van der Waals surface area contributed by atoms with E-state index in [4.69, 9.17) is 0 Å². The van der Waals surface area contributed by atoms with Gasteiger partial charge in [-0.1, -0.05) is 37.1 Å². The maximum atomic E-state index is 12.2. The SMILES string of the molecule is O=C1c2ccccc2CC1C1CCCC1. The molecule has 1 atom stereocenters. The molecular formula is C14H16O. The lowest BCUT2D eigenvalue weighted by atomic mass is 9.88. The van der Waals surface area contributed by atoms with E-state index in [-0.39, 0.29) is 0 Å². The first-order chi connectivity index (χ1) is 7.36. The van der Waals surface area contributed by atoms with Crippen LogP contribution in [-0.2, 0) is 6.42 Å². The van der Waals surface area contributed by atoms with Crippen LogP contribution in [0.5, 0.6) is 0 Å². The van der Waals surface area contributed by atoms with Crippen LogP contribution in [0.4, 0.5) is 0 Å². The van der Waals surface area contributed by atoms with Crippen LogP contribution in [0.15, 0.2) is 24.3 Å². The molecule has 15 heavy (non-hydrogen) atoms. The number of carbonyl (C=O) groups is 1. The molecule has 0 amide bonds. The summed E-state index contributed by atoms with van der Waals surface area (Å²) in [5, 5.41) is 0. The first-order valence-corrected chi connectivity index (χ1v) is 5.98. The maximum Gasteiger partial charge on any atom is 0.166 e. The van der Waals surface area contributed by atoms with Crippen LogP contribution in [0.2, 0.25) is 0 Å². The van der Waals surface area contributed by atoms with Crippen molar-refractivity contribution in [2.45, 2.75) is 32.1 Å². The van der Waals surface area contributed by atoms with Gasteiger partial charge in [0.2, 0.25) is 0 Å². The summed E-state index contributed by atoms with van der Waals surface area (Å²) in [6, 6.07) is 8.13. The zero-order chi connectivity index (χ0) is 10.3. The highest BCUT2D eigenvalue weighted by Crippen LogP contribution is 2.39. The van der Waals surface area contributed by atoms with E-state index in [0.717, 1.165) is 12.0 Å². The van der Waals surface area contributed by atoms with Crippen LogP contribution in [-0.4, -0.2) is 5.78 Å². The largest absolute Gasteiger partial charge is 0.294 e. The lowest BCUT2D eigenvalue weighted by molar-refractivity contribution is 0.0894. The van der Waals surface area contributed by atoms with E-state index in [2.05, 4.69) is 6.07 Å². The molecular weight excluding hydrogens is 184 g/mol. The number of rotatable bonds is 1. The first kappa shape index (κ1) is 9.14. The van der Waals surface area contributed by atoms with Gasteiger partial charge in [-0.15, -0.1) is 0 Å². The number of benzene rings is 1. The molecule has 0 heterocycles. The summed E-state index contributed by atoms with van der Waals surface area (Å²) in [6.07, 6.45) is 6.18. The quantitative estimate of drug-likeness (QED) is 0.680. The summed E-state index contributed by atoms with van der Waals surface area (Å²) in [5.41, 5.74) is 2.27. The van der Waals surface area contributed by atoms with Crippen LogP contribution in [0.1, 0.15) is 41.6 Å². The summed E-state index contributed by atoms with van der Waals surface area (Å²) in [4.78, 5) is 12.2. The fraction of sp³-hybridized carbons (Fsp3) is 0.500. The van der Waals surface area contributed by atoms with Crippen molar-refractivity contribution in [1.29, 1.82) is 0 Å². The van der Waals surface area contributed by atoms with Crippen molar-refractivity contribution in [3.63, 3.8) is 0 Å². The van der Waals surface area contributed by atoms with Crippen LogP contribution in [0, 0.1) is 11.8 Å². The Kier molecular flexibility index (Phi) is 2.12. The number of ketones is 1. The molecule has 1 aromatic rings. The summed E-state index contributed by atoms with van der Waals surface area (Å²) >= 11 is 0. The fourth-order valence-electron chi connectivity index (χ4n) is 3.21. The molecule has 78 valence electrons. The highest BCUT2D eigenvalue weighted by Gasteiger charge is 2.36. The maximum absolute atomic E-state index is 12.2. The zero-order valence-electron chi connectivity index (χ0n) is 8.91. The van der Waals surface area contributed by atoms with E-state index in [1.54, 1.807) is 0 Å². The highest BCUT2D eigenvalue weighted by atomic mass is 16.1. The minimum absolute atomic E-state index is 0.310. The van der Waals surface area contributed by atoms with E-state index >= 15 is 0 Å². The molecule has 1 fully saturated rings. The number of Topliss-reactive ketones (excluding diaryl/α,β-unsaturated/α-hetero) is 1. The van der Waals surface area contributed by atoms with Crippen molar-refractivity contribution < 1.29 is 4.79 Å². The minimum Gasteiger partial charge on any atom is -0.294 e. The zero-order valence-corrected chi connectivity index (χ0v) is 8.91. The third kappa shape index (κ3) is 1.41. The Morgan fingerprint density at radius 2 is 1.80 bits per heavy atom. The summed E-state index contributed by atoms with van der Waals surface area (Å²) < 4.78 is 0. The van der Waals surface area contributed by atoms with Crippen molar-refractivity contribution in [2.24, 2.45) is 11.8 Å². The van der Waals surface area contributed by atoms with Gasteiger partial charge in [0.25, 0.3) is 0 Å². The fourth-order valence-corrected chi connectivity index (χ4v) is 3.21. The average Bonchev–Trinajstić information content (AvgIpc) is 2.87. The average molecular weight is 200 g/mol. The van der Waals surface area contributed by atoms with Gasteiger partial charge in [-0.2, -0.15) is 0 Å².